The van der Waals surface area contributed by atoms with E-state index in [2.05, 4.69) is 58.0 Å². The zero-order valence-electron chi connectivity index (χ0n) is 15.9. The highest BCUT2D eigenvalue weighted by Crippen LogP contribution is 2.32. The minimum absolute atomic E-state index is 0.0818. The van der Waals surface area contributed by atoms with Crippen LogP contribution in [0, 0.1) is 0 Å². The van der Waals surface area contributed by atoms with E-state index in [1.54, 1.807) is 0 Å². The summed E-state index contributed by atoms with van der Waals surface area (Å²) in [6.07, 6.45) is 12.0. The van der Waals surface area contributed by atoms with Crippen LogP contribution in [0.5, 0.6) is 0 Å². The fraction of sp³-hybridized carbons (Fsp3) is 0.727. The standard InChI is InChI=1S/C22H38O/c1-5-7-9-10-11-15-18-21(23-19-8-6-2)22(3,4)20-16-13-12-14-17-20/h12-14,16-17,21H,5-11,15,18-19H2,1-4H3. The molecule has 0 aromatic heterocycles. The number of hydrogen-bond acceptors (Lipinski definition) is 1. The molecule has 0 heterocycles. The molecule has 1 atom stereocenters. The number of unbranched alkanes of at least 4 members (excludes halogenated alkanes) is 6. The Hall–Kier alpha value is -0.820. The van der Waals surface area contributed by atoms with Gasteiger partial charge in [0.05, 0.1) is 6.10 Å². The van der Waals surface area contributed by atoms with Crippen LogP contribution in [0.25, 0.3) is 0 Å². The van der Waals surface area contributed by atoms with Crippen molar-refractivity contribution in [2.45, 2.75) is 97.0 Å². The molecule has 0 aliphatic carbocycles. The van der Waals surface area contributed by atoms with Crippen molar-refractivity contribution in [2.75, 3.05) is 6.61 Å². The molecule has 0 saturated carbocycles. The fourth-order valence-electron chi connectivity index (χ4n) is 3.19. The molecule has 1 aromatic carbocycles. The minimum Gasteiger partial charge on any atom is -0.377 e. The average molecular weight is 319 g/mol. The zero-order chi connectivity index (χ0) is 17.0. The second kappa shape index (κ2) is 11.7. The summed E-state index contributed by atoms with van der Waals surface area (Å²) in [5.41, 5.74) is 1.48. The topological polar surface area (TPSA) is 9.23 Å². The number of benzene rings is 1. The summed E-state index contributed by atoms with van der Waals surface area (Å²) in [5.74, 6) is 0. The molecular formula is C22H38O. The van der Waals surface area contributed by atoms with Crippen LogP contribution in [-0.2, 0) is 10.2 Å². The van der Waals surface area contributed by atoms with Crippen LogP contribution in [-0.4, -0.2) is 12.7 Å². The molecule has 132 valence electrons. The van der Waals surface area contributed by atoms with Gasteiger partial charge in [0.1, 0.15) is 0 Å². The van der Waals surface area contributed by atoms with Gasteiger partial charge in [-0.15, -0.1) is 0 Å². The Morgan fingerprint density at radius 2 is 1.43 bits per heavy atom. The van der Waals surface area contributed by atoms with E-state index in [1.165, 1.54) is 56.9 Å². The molecule has 0 amide bonds. The Balaban J connectivity index is 2.56. The van der Waals surface area contributed by atoms with E-state index in [0.717, 1.165) is 13.0 Å². The lowest BCUT2D eigenvalue weighted by molar-refractivity contribution is -0.00161. The van der Waals surface area contributed by atoms with E-state index in [1.807, 2.05) is 0 Å². The highest BCUT2D eigenvalue weighted by atomic mass is 16.5. The van der Waals surface area contributed by atoms with Gasteiger partial charge >= 0.3 is 0 Å². The number of ether oxygens (including phenoxy) is 1. The van der Waals surface area contributed by atoms with Gasteiger partial charge in [0, 0.05) is 12.0 Å². The smallest absolute Gasteiger partial charge is 0.0666 e. The Morgan fingerprint density at radius 3 is 2.09 bits per heavy atom. The van der Waals surface area contributed by atoms with Gasteiger partial charge < -0.3 is 4.74 Å². The van der Waals surface area contributed by atoms with Crippen LogP contribution in [0.2, 0.25) is 0 Å². The van der Waals surface area contributed by atoms with Crippen molar-refractivity contribution in [3.8, 4) is 0 Å². The van der Waals surface area contributed by atoms with Crippen molar-refractivity contribution < 1.29 is 4.74 Å². The summed E-state index contributed by atoms with van der Waals surface area (Å²) in [7, 11) is 0. The van der Waals surface area contributed by atoms with Crippen molar-refractivity contribution in [3.63, 3.8) is 0 Å². The maximum atomic E-state index is 6.33. The van der Waals surface area contributed by atoms with Crippen LogP contribution >= 0.6 is 0 Å². The molecule has 1 nitrogen and oxygen atoms in total. The molecule has 0 N–H and O–H groups in total. The van der Waals surface area contributed by atoms with Crippen LogP contribution in [0.4, 0.5) is 0 Å². The maximum Gasteiger partial charge on any atom is 0.0666 e. The van der Waals surface area contributed by atoms with Crippen LogP contribution in [0.1, 0.15) is 91.0 Å². The second-order valence-electron chi connectivity index (χ2n) is 7.36. The highest BCUT2D eigenvalue weighted by Gasteiger charge is 2.31. The normalized spacial score (nSPS) is 13.2. The van der Waals surface area contributed by atoms with Crippen molar-refractivity contribution in [3.05, 3.63) is 35.9 Å². The lowest BCUT2D eigenvalue weighted by Gasteiger charge is -2.35. The largest absolute Gasteiger partial charge is 0.377 e. The van der Waals surface area contributed by atoms with E-state index >= 15 is 0 Å². The quantitative estimate of drug-likeness (QED) is 0.359. The van der Waals surface area contributed by atoms with Crippen LogP contribution < -0.4 is 0 Å². The predicted octanol–water partition coefficient (Wildman–Crippen LogP) is 6.90. The molecule has 0 aliphatic heterocycles. The minimum atomic E-state index is 0.0818. The van der Waals surface area contributed by atoms with Gasteiger partial charge in [-0.1, -0.05) is 103 Å². The third-order valence-corrected chi connectivity index (χ3v) is 4.96. The summed E-state index contributed by atoms with van der Waals surface area (Å²) < 4.78 is 6.33. The lowest BCUT2D eigenvalue weighted by atomic mass is 9.77. The average Bonchev–Trinajstić information content (AvgIpc) is 2.57. The molecular weight excluding hydrogens is 280 g/mol. The van der Waals surface area contributed by atoms with E-state index in [0.29, 0.717) is 6.10 Å². The second-order valence-corrected chi connectivity index (χ2v) is 7.36. The van der Waals surface area contributed by atoms with Gasteiger partial charge in [0.15, 0.2) is 0 Å². The molecule has 0 bridgehead atoms. The van der Waals surface area contributed by atoms with E-state index in [4.69, 9.17) is 4.74 Å². The summed E-state index contributed by atoms with van der Waals surface area (Å²) in [6.45, 7) is 10.1. The van der Waals surface area contributed by atoms with Crippen molar-refractivity contribution in [1.82, 2.24) is 0 Å². The third kappa shape index (κ3) is 7.52. The molecule has 0 radical (unpaired) electrons. The maximum absolute atomic E-state index is 6.33. The molecule has 0 saturated heterocycles. The summed E-state index contributed by atoms with van der Waals surface area (Å²) in [4.78, 5) is 0. The van der Waals surface area contributed by atoms with Crippen molar-refractivity contribution >= 4 is 0 Å². The third-order valence-electron chi connectivity index (χ3n) is 4.96. The van der Waals surface area contributed by atoms with Crippen molar-refractivity contribution in [1.29, 1.82) is 0 Å². The summed E-state index contributed by atoms with van der Waals surface area (Å²) in [6, 6.07) is 10.9. The van der Waals surface area contributed by atoms with Gasteiger partial charge in [-0.05, 0) is 18.4 Å². The SMILES string of the molecule is CCCCCCCCC(OCCCC)C(C)(C)c1ccccc1. The van der Waals surface area contributed by atoms with Gasteiger partial charge in [-0.3, -0.25) is 0 Å². The highest BCUT2D eigenvalue weighted by molar-refractivity contribution is 5.25. The van der Waals surface area contributed by atoms with Crippen LogP contribution in [0.15, 0.2) is 30.3 Å². The Bertz CT molecular complexity index is 382. The van der Waals surface area contributed by atoms with E-state index in [-0.39, 0.29) is 5.41 Å². The molecule has 1 unspecified atom stereocenters. The van der Waals surface area contributed by atoms with Gasteiger partial charge in [0.25, 0.3) is 0 Å². The summed E-state index contributed by atoms with van der Waals surface area (Å²) >= 11 is 0. The Morgan fingerprint density at radius 1 is 0.826 bits per heavy atom. The summed E-state index contributed by atoms with van der Waals surface area (Å²) in [5, 5.41) is 0. The molecule has 1 rings (SSSR count). The molecule has 0 spiro atoms. The first-order valence-corrected chi connectivity index (χ1v) is 9.80. The van der Waals surface area contributed by atoms with E-state index in [9.17, 15) is 0 Å². The molecule has 0 aliphatic rings. The number of hydrogen-bond donors (Lipinski definition) is 0. The van der Waals surface area contributed by atoms with Crippen LogP contribution in [0.3, 0.4) is 0 Å². The first kappa shape index (κ1) is 20.2. The van der Waals surface area contributed by atoms with Gasteiger partial charge in [-0.25, -0.2) is 0 Å². The molecule has 23 heavy (non-hydrogen) atoms. The first-order chi connectivity index (χ1) is 11.1. The fourth-order valence-corrected chi connectivity index (χ4v) is 3.19. The molecule has 1 heteroatoms. The van der Waals surface area contributed by atoms with E-state index < -0.39 is 0 Å². The monoisotopic (exact) mass is 318 g/mol. The van der Waals surface area contributed by atoms with Crippen molar-refractivity contribution in [2.24, 2.45) is 0 Å². The first-order valence-electron chi connectivity index (χ1n) is 9.80. The molecule has 1 aromatic rings. The zero-order valence-corrected chi connectivity index (χ0v) is 15.9. The van der Waals surface area contributed by atoms with Gasteiger partial charge in [-0.2, -0.15) is 0 Å². The predicted molar refractivity (Wildman–Crippen MR) is 102 cm³/mol. The number of rotatable bonds is 13. The Kier molecular flexibility index (Phi) is 10.3. The molecule has 0 fully saturated rings. The van der Waals surface area contributed by atoms with Gasteiger partial charge in [0.2, 0.25) is 0 Å². The lowest BCUT2D eigenvalue weighted by Crippen LogP contribution is -2.36. The Labute approximate surface area is 144 Å².